The lowest BCUT2D eigenvalue weighted by molar-refractivity contribution is -0.131. The standard InChI is InChI=1S/C17H18N2O4S/c1-12-4-9-17(13(2)10-12)24(21,22)19-18-11-15-5-7-16(8-6-15)23-14(3)20/h4-11,19H,1-3H3/b18-11+. The number of nitrogens with one attached hydrogen (secondary N) is 1. The fraction of sp³-hybridized carbons (Fsp3) is 0.176. The molecule has 0 radical (unpaired) electrons. The number of hydrazone groups is 1. The first-order chi connectivity index (χ1) is 11.3. The predicted octanol–water partition coefficient (Wildman–Crippen LogP) is 2.54. The summed E-state index contributed by atoms with van der Waals surface area (Å²) in [5, 5.41) is 3.77. The number of hydrogen-bond acceptors (Lipinski definition) is 5. The second-order valence-electron chi connectivity index (χ2n) is 5.28. The summed E-state index contributed by atoms with van der Waals surface area (Å²) in [6.07, 6.45) is 1.37. The molecule has 6 nitrogen and oxygen atoms in total. The second-order valence-corrected chi connectivity index (χ2v) is 6.91. The van der Waals surface area contributed by atoms with Crippen molar-refractivity contribution in [2.45, 2.75) is 25.7 Å². The minimum absolute atomic E-state index is 0.190. The van der Waals surface area contributed by atoms with Gasteiger partial charge in [0.1, 0.15) is 5.75 Å². The molecule has 0 aromatic heterocycles. The van der Waals surface area contributed by atoms with E-state index in [0.29, 0.717) is 16.9 Å². The van der Waals surface area contributed by atoms with E-state index in [4.69, 9.17) is 4.74 Å². The predicted molar refractivity (Wildman–Crippen MR) is 91.6 cm³/mol. The van der Waals surface area contributed by atoms with Gasteiger partial charge < -0.3 is 4.74 Å². The Bertz CT molecular complexity index is 872. The molecule has 2 rings (SSSR count). The first-order valence-corrected chi connectivity index (χ1v) is 8.67. The molecule has 2 aromatic rings. The van der Waals surface area contributed by atoms with Crippen molar-refractivity contribution in [2.24, 2.45) is 5.10 Å². The molecule has 7 heteroatoms. The average molecular weight is 346 g/mol. The van der Waals surface area contributed by atoms with Crippen LogP contribution in [0.4, 0.5) is 0 Å². The highest BCUT2D eigenvalue weighted by Crippen LogP contribution is 2.16. The van der Waals surface area contributed by atoms with E-state index in [9.17, 15) is 13.2 Å². The molecule has 0 atom stereocenters. The van der Waals surface area contributed by atoms with Crippen LogP contribution in [0.1, 0.15) is 23.6 Å². The van der Waals surface area contributed by atoms with E-state index in [1.807, 2.05) is 6.92 Å². The van der Waals surface area contributed by atoms with Crippen molar-refractivity contribution in [3.8, 4) is 5.75 Å². The molecular formula is C17H18N2O4S. The van der Waals surface area contributed by atoms with Crippen LogP contribution in [0.25, 0.3) is 0 Å². The number of esters is 1. The molecule has 1 N–H and O–H groups in total. The van der Waals surface area contributed by atoms with E-state index >= 15 is 0 Å². The highest BCUT2D eigenvalue weighted by Gasteiger charge is 2.15. The lowest BCUT2D eigenvalue weighted by Gasteiger charge is -2.07. The van der Waals surface area contributed by atoms with Gasteiger partial charge in [0.25, 0.3) is 10.0 Å². The van der Waals surface area contributed by atoms with Gasteiger partial charge in [0.2, 0.25) is 0 Å². The first-order valence-electron chi connectivity index (χ1n) is 7.18. The van der Waals surface area contributed by atoms with E-state index in [1.54, 1.807) is 49.4 Å². The zero-order valence-electron chi connectivity index (χ0n) is 13.6. The number of aryl methyl sites for hydroxylation is 2. The monoisotopic (exact) mass is 346 g/mol. The lowest BCUT2D eigenvalue weighted by atomic mass is 10.2. The molecule has 126 valence electrons. The van der Waals surface area contributed by atoms with Gasteiger partial charge in [-0.1, -0.05) is 17.7 Å². The number of carbonyl (C=O) groups excluding carboxylic acids is 1. The molecule has 0 unspecified atom stereocenters. The maximum atomic E-state index is 12.2. The summed E-state index contributed by atoms with van der Waals surface area (Å²) < 4.78 is 29.4. The molecule has 24 heavy (non-hydrogen) atoms. The van der Waals surface area contributed by atoms with Crippen LogP contribution < -0.4 is 9.57 Å². The lowest BCUT2D eigenvalue weighted by Crippen LogP contribution is -2.19. The molecule has 0 amide bonds. The Morgan fingerprint density at radius 1 is 1.12 bits per heavy atom. The zero-order chi connectivity index (χ0) is 17.7. The quantitative estimate of drug-likeness (QED) is 0.390. The van der Waals surface area contributed by atoms with E-state index < -0.39 is 16.0 Å². The molecule has 2 aromatic carbocycles. The number of nitrogens with zero attached hydrogens (tertiary/aromatic N) is 1. The van der Waals surface area contributed by atoms with Crippen molar-refractivity contribution in [2.75, 3.05) is 0 Å². The average Bonchev–Trinajstić information content (AvgIpc) is 2.48. The normalized spacial score (nSPS) is 11.5. The first kappa shape index (κ1) is 17.7. The van der Waals surface area contributed by atoms with Crippen molar-refractivity contribution in [1.29, 1.82) is 0 Å². The number of rotatable bonds is 5. The van der Waals surface area contributed by atoms with E-state index in [0.717, 1.165) is 5.56 Å². The third kappa shape index (κ3) is 4.66. The van der Waals surface area contributed by atoms with E-state index in [2.05, 4.69) is 9.93 Å². The smallest absolute Gasteiger partial charge is 0.308 e. The highest BCUT2D eigenvalue weighted by atomic mass is 32.2. The number of hydrogen-bond donors (Lipinski definition) is 1. The minimum Gasteiger partial charge on any atom is -0.427 e. The molecule has 0 aliphatic heterocycles. The van der Waals surface area contributed by atoms with Gasteiger partial charge in [0, 0.05) is 6.92 Å². The topological polar surface area (TPSA) is 84.8 Å². The van der Waals surface area contributed by atoms with Gasteiger partial charge in [-0.2, -0.15) is 13.5 Å². The van der Waals surface area contributed by atoms with Crippen LogP contribution in [-0.4, -0.2) is 20.6 Å². The van der Waals surface area contributed by atoms with Crippen LogP contribution in [0.15, 0.2) is 52.5 Å². The SMILES string of the molecule is CC(=O)Oc1ccc(/C=N/NS(=O)(=O)c2ccc(C)cc2C)cc1. The molecular weight excluding hydrogens is 328 g/mol. The third-order valence-corrected chi connectivity index (χ3v) is 4.53. The second kappa shape index (κ2) is 7.27. The van der Waals surface area contributed by atoms with Crippen molar-refractivity contribution >= 4 is 22.2 Å². The van der Waals surface area contributed by atoms with Crippen molar-refractivity contribution in [3.63, 3.8) is 0 Å². The van der Waals surface area contributed by atoms with Gasteiger partial charge in [-0.3, -0.25) is 4.79 Å². The van der Waals surface area contributed by atoms with Crippen LogP contribution in [0, 0.1) is 13.8 Å². The van der Waals surface area contributed by atoms with Crippen LogP contribution in [0.3, 0.4) is 0 Å². The number of ether oxygens (including phenoxy) is 1. The Kier molecular flexibility index (Phi) is 5.35. The largest absolute Gasteiger partial charge is 0.427 e. The third-order valence-electron chi connectivity index (χ3n) is 3.15. The Hall–Kier alpha value is -2.67. The van der Waals surface area contributed by atoms with Gasteiger partial charge >= 0.3 is 5.97 Å². The Morgan fingerprint density at radius 2 is 1.79 bits per heavy atom. The molecule has 0 aliphatic rings. The molecule has 0 spiro atoms. The highest BCUT2D eigenvalue weighted by molar-refractivity contribution is 7.89. The van der Waals surface area contributed by atoms with Gasteiger partial charge in [-0.15, -0.1) is 0 Å². The van der Waals surface area contributed by atoms with E-state index in [-0.39, 0.29) is 4.90 Å². The Labute approximate surface area is 141 Å². The summed E-state index contributed by atoms with van der Waals surface area (Å²) in [6, 6.07) is 11.6. The molecule has 0 saturated heterocycles. The Balaban J connectivity index is 2.08. The molecule has 0 fully saturated rings. The summed E-state index contributed by atoms with van der Waals surface area (Å²) in [5.41, 5.74) is 2.31. The number of sulfonamides is 1. The van der Waals surface area contributed by atoms with Crippen molar-refractivity contribution < 1.29 is 17.9 Å². The molecule has 0 aliphatic carbocycles. The fourth-order valence-electron chi connectivity index (χ4n) is 2.11. The Morgan fingerprint density at radius 3 is 2.38 bits per heavy atom. The maximum Gasteiger partial charge on any atom is 0.308 e. The van der Waals surface area contributed by atoms with Crippen LogP contribution in [0.5, 0.6) is 5.75 Å². The van der Waals surface area contributed by atoms with Crippen LogP contribution in [-0.2, 0) is 14.8 Å². The fourth-order valence-corrected chi connectivity index (χ4v) is 3.13. The molecule has 0 bridgehead atoms. The van der Waals surface area contributed by atoms with Crippen LogP contribution in [0.2, 0.25) is 0 Å². The maximum absolute atomic E-state index is 12.2. The summed E-state index contributed by atoms with van der Waals surface area (Å²) in [5.74, 6) is 0.00755. The zero-order valence-corrected chi connectivity index (χ0v) is 14.4. The number of carbonyl (C=O) groups is 1. The molecule has 0 heterocycles. The van der Waals surface area contributed by atoms with Gasteiger partial charge in [0.15, 0.2) is 0 Å². The molecule has 0 saturated carbocycles. The van der Waals surface area contributed by atoms with Crippen LogP contribution >= 0.6 is 0 Å². The minimum atomic E-state index is -3.72. The van der Waals surface area contributed by atoms with Gasteiger partial charge in [-0.05, 0) is 55.3 Å². The number of benzene rings is 2. The summed E-state index contributed by atoms with van der Waals surface area (Å²) in [6.45, 7) is 4.95. The van der Waals surface area contributed by atoms with Crippen molar-refractivity contribution in [3.05, 3.63) is 59.2 Å². The summed E-state index contributed by atoms with van der Waals surface area (Å²) >= 11 is 0. The van der Waals surface area contributed by atoms with Gasteiger partial charge in [0.05, 0.1) is 11.1 Å². The van der Waals surface area contributed by atoms with E-state index in [1.165, 1.54) is 13.1 Å². The van der Waals surface area contributed by atoms with Crippen molar-refractivity contribution in [1.82, 2.24) is 4.83 Å². The summed E-state index contributed by atoms with van der Waals surface area (Å²) in [4.78, 5) is 13.2. The summed E-state index contributed by atoms with van der Waals surface area (Å²) in [7, 11) is -3.72. The van der Waals surface area contributed by atoms with Gasteiger partial charge in [-0.25, -0.2) is 4.83 Å².